The summed E-state index contributed by atoms with van der Waals surface area (Å²) in [6.07, 6.45) is -0.718. The highest BCUT2D eigenvalue weighted by Crippen LogP contribution is 2.20. The molecular formula is C30H40N4O6. The molecule has 5 N–H and O–H groups in total. The molecule has 216 valence electrons. The van der Waals surface area contributed by atoms with Crippen LogP contribution < -0.4 is 16.0 Å². The summed E-state index contributed by atoms with van der Waals surface area (Å²) in [7, 11) is 1.52. The van der Waals surface area contributed by atoms with E-state index >= 15 is 0 Å². The molecule has 0 bridgehead atoms. The molecule has 10 heteroatoms. The van der Waals surface area contributed by atoms with Gasteiger partial charge in [-0.2, -0.15) is 0 Å². The summed E-state index contributed by atoms with van der Waals surface area (Å²) in [5.74, 6) is -3.39. The molecule has 4 amide bonds. The number of amides is 4. The lowest BCUT2D eigenvalue weighted by molar-refractivity contribution is -0.142. The van der Waals surface area contributed by atoms with E-state index in [1.807, 2.05) is 44.2 Å². The van der Waals surface area contributed by atoms with Gasteiger partial charge in [0.15, 0.2) is 0 Å². The Morgan fingerprint density at radius 2 is 1.60 bits per heavy atom. The fourth-order valence-electron chi connectivity index (χ4n) is 4.86. The van der Waals surface area contributed by atoms with Gasteiger partial charge in [-0.25, -0.2) is 0 Å². The van der Waals surface area contributed by atoms with Gasteiger partial charge in [-0.1, -0.05) is 63.2 Å². The van der Waals surface area contributed by atoms with Crippen LogP contribution in [0.1, 0.15) is 50.0 Å². The molecule has 1 fully saturated rings. The van der Waals surface area contributed by atoms with Gasteiger partial charge in [0.05, 0.1) is 29.7 Å². The van der Waals surface area contributed by atoms with Crippen molar-refractivity contribution in [2.45, 2.75) is 70.8 Å². The lowest BCUT2D eigenvalue weighted by Crippen LogP contribution is -2.64. The summed E-state index contributed by atoms with van der Waals surface area (Å²) in [5.41, 5.74) is 0.807. The highest BCUT2D eigenvalue weighted by molar-refractivity contribution is 6.00. The Balaban J connectivity index is 2.04. The predicted molar refractivity (Wildman–Crippen MR) is 150 cm³/mol. The smallest absolute Gasteiger partial charge is 0.255 e. The molecule has 1 aliphatic heterocycles. The first kappa shape index (κ1) is 30.6. The van der Waals surface area contributed by atoms with Crippen LogP contribution in [-0.4, -0.2) is 76.1 Å². The molecule has 0 spiro atoms. The van der Waals surface area contributed by atoms with E-state index in [-0.39, 0.29) is 23.7 Å². The summed E-state index contributed by atoms with van der Waals surface area (Å²) < 4.78 is 0. The Labute approximate surface area is 235 Å². The van der Waals surface area contributed by atoms with Crippen LogP contribution in [-0.2, 0) is 20.8 Å². The van der Waals surface area contributed by atoms with E-state index in [1.54, 1.807) is 26.0 Å². The number of nitrogens with zero attached hydrogens (tertiary/aromatic N) is 1. The van der Waals surface area contributed by atoms with Crippen LogP contribution in [0.5, 0.6) is 5.75 Å². The molecule has 0 aliphatic carbocycles. The zero-order chi connectivity index (χ0) is 29.6. The standard InChI is InChI=1S/C30H40N4O6/c1-17(2)15-23-30(40)34(5)19(4)25(33-28(38)21-13-9-10-14-24(21)35)29(39)31-22(16-20-11-7-6-8-12-20)26(36)18(3)27(37)32-23/h6-14,17-19,22-23,25-26,35-36H,15-16H2,1-5H3,(H,31,39)(H,32,37)(H,33,38)/t18-,19-,22+,23?,25+,26+/m1/s1. The third kappa shape index (κ3) is 7.38. The molecule has 2 aromatic carbocycles. The van der Waals surface area contributed by atoms with Gasteiger partial charge in [0.1, 0.15) is 17.8 Å². The number of nitrogens with one attached hydrogen (secondary N) is 3. The van der Waals surface area contributed by atoms with Crippen molar-refractivity contribution in [2.75, 3.05) is 7.05 Å². The van der Waals surface area contributed by atoms with Gasteiger partial charge in [0.2, 0.25) is 17.7 Å². The quantitative estimate of drug-likeness (QED) is 0.368. The average Bonchev–Trinajstić information content (AvgIpc) is 2.93. The van der Waals surface area contributed by atoms with Crippen molar-refractivity contribution in [1.29, 1.82) is 0 Å². The predicted octanol–water partition coefficient (Wildman–Crippen LogP) is 1.61. The first-order chi connectivity index (χ1) is 18.9. The fraction of sp³-hybridized carbons (Fsp3) is 0.467. The van der Waals surface area contributed by atoms with Gasteiger partial charge in [-0.15, -0.1) is 0 Å². The number of hydrogen-bond acceptors (Lipinski definition) is 6. The van der Waals surface area contributed by atoms with Crippen molar-refractivity contribution in [3.05, 3.63) is 65.7 Å². The maximum absolute atomic E-state index is 13.8. The molecule has 0 aromatic heterocycles. The summed E-state index contributed by atoms with van der Waals surface area (Å²) in [5, 5.41) is 29.8. The van der Waals surface area contributed by atoms with Crippen LogP contribution in [0, 0.1) is 11.8 Å². The fourth-order valence-corrected chi connectivity index (χ4v) is 4.86. The minimum atomic E-state index is -1.29. The minimum Gasteiger partial charge on any atom is -0.507 e. The maximum atomic E-state index is 13.8. The average molecular weight is 553 g/mol. The summed E-state index contributed by atoms with van der Waals surface area (Å²) in [6, 6.07) is 11.3. The number of aliphatic hydroxyl groups is 1. The molecule has 1 saturated heterocycles. The topological polar surface area (TPSA) is 148 Å². The molecule has 10 nitrogen and oxygen atoms in total. The van der Waals surface area contributed by atoms with Crippen LogP contribution in [0.3, 0.4) is 0 Å². The highest BCUT2D eigenvalue weighted by atomic mass is 16.3. The molecule has 0 radical (unpaired) electrons. The number of likely N-dealkylation sites (N-methyl/N-ethyl adjacent to an activating group) is 1. The van der Waals surface area contributed by atoms with Crippen molar-refractivity contribution in [1.82, 2.24) is 20.9 Å². The van der Waals surface area contributed by atoms with Crippen molar-refractivity contribution >= 4 is 23.6 Å². The molecule has 2 aromatic rings. The van der Waals surface area contributed by atoms with Crippen LogP contribution >= 0.6 is 0 Å². The molecule has 6 atom stereocenters. The highest BCUT2D eigenvalue weighted by Gasteiger charge is 2.40. The monoisotopic (exact) mass is 552 g/mol. The van der Waals surface area contributed by atoms with E-state index in [0.717, 1.165) is 5.56 Å². The Kier molecular flexibility index (Phi) is 10.3. The number of aromatic hydroxyl groups is 1. The molecule has 3 rings (SSSR count). The second-order valence-corrected chi connectivity index (χ2v) is 10.9. The second kappa shape index (κ2) is 13.4. The Hall–Kier alpha value is -3.92. The Morgan fingerprint density at radius 1 is 0.975 bits per heavy atom. The number of phenolic OH excluding ortho intramolecular Hbond substituents is 1. The molecular weight excluding hydrogens is 512 g/mol. The molecule has 40 heavy (non-hydrogen) atoms. The summed E-state index contributed by atoms with van der Waals surface area (Å²) in [6.45, 7) is 7.03. The van der Waals surface area contributed by atoms with Crippen molar-refractivity contribution in [3.8, 4) is 5.75 Å². The molecule has 1 unspecified atom stereocenters. The first-order valence-corrected chi connectivity index (χ1v) is 13.6. The minimum absolute atomic E-state index is 0.0259. The number of aliphatic hydroxyl groups excluding tert-OH is 1. The van der Waals surface area contributed by atoms with Crippen molar-refractivity contribution in [2.24, 2.45) is 11.8 Å². The van der Waals surface area contributed by atoms with E-state index in [0.29, 0.717) is 6.42 Å². The Bertz CT molecular complexity index is 1200. The Morgan fingerprint density at radius 3 is 2.23 bits per heavy atom. The third-order valence-corrected chi connectivity index (χ3v) is 7.44. The molecule has 0 saturated carbocycles. The normalized spacial score (nSPS) is 26.4. The van der Waals surface area contributed by atoms with Gasteiger partial charge in [0, 0.05) is 7.05 Å². The molecule has 1 aliphatic rings. The van der Waals surface area contributed by atoms with Gasteiger partial charge < -0.3 is 31.1 Å². The van der Waals surface area contributed by atoms with Gasteiger partial charge in [0.25, 0.3) is 5.91 Å². The largest absolute Gasteiger partial charge is 0.507 e. The summed E-state index contributed by atoms with van der Waals surface area (Å²) in [4.78, 5) is 55.1. The number of hydrogen-bond donors (Lipinski definition) is 5. The lowest BCUT2D eigenvalue weighted by atomic mass is 9.90. The van der Waals surface area contributed by atoms with E-state index in [4.69, 9.17) is 0 Å². The lowest BCUT2D eigenvalue weighted by Gasteiger charge is -2.37. The third-order valence-electron chi connectivity index (χ3n) is 7.44. The van der Waals surface area contributed by atoms with Crippen molar-refractivity contribution < 1.29 is 29.4 Å². The second-order valence-electron chi connectivity index (χ2n) is 10.9. The number of para-hydroxylation sites is 1. The van der Waals surface area contributed by atoms with Crippen molar-refractivity contribution in [3.63, 3.8) is 0 Å². The zero-order valence-electron chi connectivity index (χ0n) is 23.6. The zero-order valence-corrected chi connectivity index (χ0v) is 23.6. The van der Waals surface area contributed by atoms with Gasteiger partial charge in [-0.05, 0) is 43.4 Å². The maximum Gasteiger partial charge on any atom is 0.255 e. The number of carbonyl (C=O) groups is 4. The van der Waals surface area contributed by atoms with Crippen LogP contribution in [0.4, 0.5) is 0 Å². The molecule has 1 heterocycles. The van der Waals surface area contributed by atoms with E-state index < -0.39 is 59.8 Å². The number of benzene rings is 2. The number of carbonyl (C=O) groups excluding carboxylic acids is 4. The van der Waals surface area contributed by atoms with Gasteiger partial charge >= 0.3 is 0 Å². The SMILES string of the molecule is CC(C)CC1NC(=O)[C@H](C)[C@H](O)[C@H](Cc2ccccc2)NC(=O)[C@@H](NC(=O)c2ccccc2O)[C@@H](C)N(C)C1=O. The van der Waals surface area contributed by atoms with E-state index in [2.05, 4.69) is 16.0 Å². The van der Waals surface area contributed by atoms with Crippen LogP contribution in [0.25, 0.3) is 0 Å². The summed E-state index contributed by atoms with van der Waals surface area (Å²) >= 11 is 0. The van der Waals surface area contributed by atoms with Gasteiger partial charge in [-0.3, -0.25) is 19.2 Å². The van der Waals surface area contributed by atoms with Crippen LogP contribution in [0.2, 0.25) is 0 Å². The van der Waals surface area contributed by atoms with Crippen LogP contribution in [0.15, 0.2) is 54.6 Å². The van der Waals surface area contributed by atoms with E-state index in [1.165, 1.54) is 24.1 Å². The first-order valence-electron chi connectivity index (χ1n) is 13.6. The van der Waals surface area contributed by atoms with E-state index in [9.17, 15) is 29.4 Å². The number of phenols is 1. The number of rotatable bonds is 6.